The van der Waals surface area contributed by atoms with Gasteiger partial charge in [-0.15, -0.1) is 0 Å². The summed E-state index contributed by atoms with van der Waals surface area (Å²) in [6.45, 7) is 4.93. The molecule has 0 unspecified atom stereocenters. The summed E-state index contributed by atoms with van der Waals surface area (Å²) in [5, 5.41) is 3.99. The van der Waals surface area contributed by atoms with Crippen LogP contribution in [0.25, 0.3) is 0 Å². The number of hydrogen-bond donors (Lipinski definition) is 1. The molecule has 96 valence electrons. The second-order valence-electron chi connectivity index (χ2n) is 4.85. The van der Waals surface area contributed by atoms with Crippen molar-refractivity contribution in [2.45, 2.75) is 51.6 Å². The summed E-state index contributed by atoms with van der Waals surface area (Å²) in [5.41, 5.74) is 5.94. The summed E-state index contributed by atoms with van der Waals surface area (Å²) in [6, 6.07) is 0.297. The number of rotatable bonds is 5. The molecular weight excluding hydrogens is 216 g/mol. The molecule has 0 saturated carbocycles. The molecule has 1 aromatic rings. The van der Waals surface area contributed by atoms with Crippen LogP contribution < -0.4 is 5.73 Å². The molecule has 0 bridgehead atoms. The Morgan fingerprint density at radius 1 is 1.53 bits per heavy atom. The van der Waals surface area contributed by atoms with E-state index in [-0.39, 0.29) is 0 Å². The molecule has 0 aliphatic carbocycles. The van der Waals surface area contributed by atoms with Crippen molar-refractivity contribution in [1.82, 2.24) is 15.0 Å². The first-order valence-electron chi connectivity index (χ1n) is 6.57. The van der Waals surface area contributed by atoms with Gasteiger partial charge in [0.1, 0.15) is 0 Å². The quantitative estimate of drug-likeness (QED) is 0.838. The fraction of sp³-hybridized carbons (Fsp3) is 0.833. The molecule has 2 rings (SSSR count). The fourth-order valence-corrected chi connectivity index (χ4v) is 2.22. The normalized spacial score (nSPS) is 21.9. The lowest BCUT2D eigenvalue weighted by molar-refractivity contribution is 0.178. The molecule has 1 atom stereocenters. The SMILES string of the molecule is CCCCc1noc(CN2CCC[C@@H](N)C2)n1. The smallest absolute Gasteiger partial charge is 0.240 e. The zero-order valence-corrected chi connectivity index (χ0v) is 10.6. The van der Waals surface area contributed by atoms with Crippen LogP contribution in [0.15, 0.2) is 4.52 Å². The van der Waals surface area contributed by atoms with Crippen molar-refractivity contribution >= 4 is 0 Å². The van der Waals surface area contributed by atoms with Crippen LogP contribution in [0.3, 0.4) is 0 Å². The van der Waals surface area contributed by atoms with E-state index in [1.165, 1.54) is 0 Å². The third-order valence-electron chi connectivity index (χ3n) is 3.16. The summed E-state index contributed by atoms with van der Waals surface area (Å²) in [5.74, 6) is 1.56. The van der Waals surface area contributed by atoms with E-state index < -0.39 is 0 Å². The maximum absolute atomic E-state index is 5.94. The summed E-state index contributed by atoms with van der Waals surface area (Å²) in [4.78, 5) is 6.70. The lowest BCUT2D eigenvalue weighted by Crippen LogP contribution is -2.42. The van der Waals surface area contributed by atoms with Gasteiger partial charge in [-0.2, -0.15) is 4.98 Å². The van der Waals surface area contributed by atoms with Crippen molar-refractivity contribution in [2.24, 2.45) is 5.73 Å². The Morgan fingerprint density at radius 3 is 3.18 bits per heavy atom. The summed E-state index contributed by atoms with van der Waals surface area (Å²) in [6.07, 6.45) is 5.48. The number of likely N-dealkylation sites (tertiary alicyclic amines) is 1. The van der Waals surface area contributed by atoms with Crippen LogP contribution in [-0.2, 0) is 13.0 Å². The minimum atomic E-state index is 0.297. The highest BCUT2D eigenvalue weighted by Gasteiger charge is 2.18. The predicted octanol–water partition coefficient (Wildman–Crippen LogP) is 1.34. The molecule has 0 amide bonds. The van der Waals surface area contributed by atoms with E-state index in [2.05, 4.69) is 22.0 Å². The molecule has 5 nitrogen and oxygen atoms in total. The van der Waals surface area contributed by atoms with Gasteiger partial charge in [0.05, 0.1) is 6.54 Å². The second-order valence-corrected chi connectivity index (χ2v) is 4.85. The van der Waals surface area contributed by atoms with E-state index in [4.69, 9.17) is 10.3 Å². The molecule has 5 heteroatoms. The number of unbranched alkanes of at least 4 members (excludes halogenated alkanes) is 1. The van der Waals surface area contributed by atoms with Crippen molar-refractivity contribution in [3.05, 3.63) is 11.7 Å². The van der Waals surface area contributed by atoms with Crippen LogP contribution in [0.5, 0.6) is 0 Å². The van der Waals surface area contributed by atoms with Gasteiger partial charge >= 0.3 is 0 Å². The monoisotopic (exact) mass is 238 g/mol. The average molecular weight is 238 g/mol. The van der Waals surface area contributed by atoms with E-state index in [0.29, 0.717) is 6.04 Å². The lowest BCUT2D eigenvalue weighted by Gasteiger charge is -2.29. The zero-order valence-electron chi connectivity index (χ0n) is 10.6. The molecular formula is C12H22N4O. The Bertz CT molecular complexity index is 339. The van der Waals surface area contributed by atoms with E-state index in [1.54, 1.807) is 0 Å². The number of aryl methyl sites for hydroxylation is 1. The van der Waals surface area contributed by atoms with Crippen LogP contribution in [0.2, 0.25) is 0 Å². The van der Waals surface area contributed by atoms with Crippen molar-refractivity contribution in [2.75, 3.05) is 13.1 Å². The standard InChI is InChI=1S/C12H22N4O/c1-2-3-6-11-14-12(17-15-11)9-16-7-4-5-10(13)8-16/h10H,2-9,13H2,1H3/t10-/m1/s1. The second kappa shape index (κ2) is 6.12. The third kappa shape index (κ3) is 3.78. The van der Waals surface area contributed by atoms with Crippen molar-refractivity contribution in [3.63, 3.8) is 0 Å². The molecule has 1 aromatic heterocycles. The van der Waals surface area contributed by atoms with E-state index in [9.17, 15) is 0 Å². The highest BCUT2D eigenvalue weighted by atomic mass is 16.5. The van der Waals surface area contributed by atoms with E-state index in [1.807, 2.05) is 0 Å². The molecule has 0 aromatic carbocycles. The van der Waals surface area contributed by atoms with Gasteiger partial charge in [-0.05, 0) is 25.8 Å². The minimum absolute atomic E-state index is 0.297. The van der Waals surface area contributed by atoms with Gasteiger partial charge in [-0.25, -0.2) is 0 Å². The van der Waals surface area contributed by atoms with Crippen molar-refractivity contribution < 1.29 is 4.52 Å². The van der Waals surface area contributed by atoms with Gasteiger partial charge in [0.25, 0.3) is 0 Å². The topological polar surface area (TPSA) is 68.2 Å². The molecule has 17 heavy (non-hydrogen) atoms. The Morgan fingerprint density at radius 2 is 2.41 bits per heavy atom. The summed E-state index contributed by atoms with van der Waals surface area (Å²) >= 11 is 0. The van der Waals surface area contributed by atoms with Crippen molar-refractivity contribution in [3.8, 4) is 0 Å². The lowest BCUT2D eigenvalue weighted by atomic mass is 10.1. The predicted molar refractivity (Wildman–Crippen MR) is 65.4 cm³/mol. The number of hydrogen-bond acceptors (Lipinski definition) is 5. The van der Waals surface area contributed by atoms with Gasteiger partial charge < -0.3 is 10.3 Å². The third-order valence-corrected chi connectivity index (χ3v) is 3.16. The van der Waals surface area contributed by atoms with Crippen LogP contribution in [0.1, 0.15) is 44.3 Å². The van der Waals surface area contributed by atoms with Crippen molar-refractivity contribution in [1.29, 1.82) is 0 Å². The van der Waals surface area contributed by atoms with Crippen LogP contribution >= 0.6 is 0 Å². The average Bonchev–Trinajstić information content (AvgIpc) is 2.74. The first-order chi connectivity index (χ1) is 8.28. The maximum Gasteiger partial charge on any atom is 0.240 e. The van der Waals surface area contributed by atoms with Gasteiger partial charge in [-0.1, -0.05) is 18.5 Å². The van der Waals surface area contributed by atoms with Gasteiger partial charge in [-0.3, -0.25) is 4.90 Å². The first-order valence-corrected chi connectivity index (χ1v) is 6.57. The number of piperidine rings is 1. The molecule has 2 N–H and O–H groups in total. The van der Waals surface area contributed by atoms with Crippen LogP contribution in [0, 0.1) is 0 Å². The molecule has 2 heterocycles. The largest absolute Gasteiger partial charge is 0.338 e. The Labute approximate surface area is 102 Å². The molecule has 0 spiro atoms. The molecule has 1 saturated heterocycles. The summed E-state index contributed by atoms with van der Waals surface area (Å²) < 4.78 is 5.26. The van der Waals surface area contributed by atoms with Crippen LogP contribution in [-0.4, -0.2) is 34.2 Å². The fourth-order valence-electron chi connectivity index (χ4n) is 2.22. The first kappa shape index (κ1) is 12.5. The molecule has 1 aliphatic heterocycles. The summed E-state index contributed by atoms with van der Waals surface area (Å²) in [7, 11) is 0. The molecule has 0 radical (unpaired) electrons. The van der Waals surface area contributed by atoms with Gasteiger partial charge in [0.2, 0.25) is 5.89 Å². The Kier molecular flexibility index (Phi) is 4.50. The number of nitrogens with two attached hydrogens (primary N) is 1. The molecule has 1 aliphatic rings. The van der Waals surface area contributed by atoms with E-state index in [0.717, 1.165) is 63.5 Å². The highest BCUT2D eigenvalue weighted by molar-refractivity contribution is 4.88. The molecule has 1 fully saturated rings. The van der Waals surface area contributed by atoms with Gasteiger partial charge in [0, 0.05) is 19.0 Å². The van der Waals surface area contributed by atoms with E-state index >= 15 is 0 Å². The number of nitrogens with zero attached hydrogens (tertiary/aromatic N) is 3. The zero-order chi connectivity index (χ0) is 12.1. The van der Waals surface area contributed by atoms with Gasteiger partial charge in [0.15, 0.2) is 5.82 Å². The highest BCUT2D eigenvalue weighted by Crippen LogP contribution is 2.12. The Balaban J connectivity index is 1.83. The number of aromatic nitrogens is 2. The minimum Gasteiger partial charge on any atom is -0.338 e. The maximum atomic E-state index is 5.94. The Hall–Kier alpha value is -0.940. The van der Waals surface area contributed by atoms with Crippen LogP contribution in [0.4, 0.5) is 0 Å².